The fourth-order valence-corrected chi connectivity index (χ4v) is 10.1. The largest absolute Gasteiger partial charge is 0.494 e. The number of rotatable bonds is 31. The van der Waals surface area contributed by atoms with Crippen molar-refractivity contribution in [2.45, 2.75) is 103 Å². The Bertz CT molecular complexity index is 3240. The Kier molecular flexibility index (Phi) is 26.0. The van der Waals surface area contributed by atoms with Gasteiger partial charge in [0, 0.05) is 34.2 Å². The van der Waals surface area contributed by atoms with Crippen LogP contribution in [-0.4, -0.2) is 80.9 Å². The number of ether oxygens (including phenoxy) is 8. The van der Waals surface area contributed by atoms with Gasteiger partial charge < -0.3 is 37.9 Å². The number of halogens is 1. The highest BCUT2D eigenvalue weighted by atomic mass is 32.1. The van der Waals surface area contributed by atoms with Gasteiger partial charge in [-0.05, 0) is 193 Å². The molecule has 7 rings (SSSR count). The van der Waals surface area contributed by atoms with Gasteiger partial charge in [-0.25, -0.2) is 14.0 Å². The molecule has 0 bridgehead atoms. The number of terminal acetylenes is 1. The van der Waals surface area contributed by atoms with E-state index in [0.717, 1.165) is 68.4 Å². The fraction of sp³-hybridized carbons (Fsp3) is 0.358. The van der Waals surface area contributed by atoms with Crippen molar-refractivity contribution in [3.63, 3.8) is 0 Å². The van der Waals surface area contributed by atoms with Crippen LogP contribution < -0.4 is 28.4 Å². The molecule has 1 aromatic heterocycles. The summed E-state index contributed by atoms with van der Waals surface area (Å²) in [5, 5.41) is 8.11. The third kappa shape index (κ3) is 21.6. The molecule has 1 heterocycles. The molecule has 0 aliphatic heterocycles. The Morgan fingerprint density at radius 3 is 1.38 bits per heavy atom. The van der Waals surface area contributed by atoms with Gasteiger partial charge in [0.1, 0.15) is 40.3 Å². The van der Waals surface area contributed by atoms with E-state index in [2.05, 4.69) is 34.3 Å². The van der Waals surface area contributed by atoms with Crippen molar-refractivity contribution in [2.75, 3.05) is 26.4 Å². The lowest BCUT2D eigenvalue weighted by atomic mass is 9.82. The zero-order chi connectivity index (χ0) is 60.9. The Morgan fingerprint density at radius 2 is 0.919 bits per heavy atom. The molecule has 2 saturated carbocycles. The third-order valence-corrected chi connectivity index (χ3v) is 15.2. The summed E-state index contributed by atoms with van der Waals surface area (Å²) in [7, 11) is 0. The molecule has 450 valence electrons. The van der Waals surface area contributed by atoms with Gasteiger partial charge in [0.2, 0.25) is 0 Å². The molecular formula is C67H70FN3O14S. The van der Waals surface area contributed by atoms with E-state index in [0.29, 0.717) is 111 Å². The summed E-state index contributed by atoms with van der Waals surface area (Å²) in [6.45, 7) is 8.52. The molecule has 19 heteroatoms. The maximum atomic E-state index is 14.1. The molecule has 0 spiro atoms. The molecule has 0 N–H and O–H groups in total. The minimum Gasteiger partial charge on any atom is -0.494 e. The highest BCUT2D eigenvalue weighted by Crippen LogP contribution is 2.38. The van der Waals surface area contributed by atoms with Crippen LogP contribution >= 0.6 is 11.3 Å². The van der Waals surface area contributed by atoms with Gasteiger partial charge in [0.15, 0.2) is 5.75 Å². The van der Waals surface area contributed by atoms with Crippen molar-refractivity contribution >= 4 is 71.5 Å². The number of hydrogen-bond donors (Lipinski definition) is 0. The Hall–Kier alpha value is -9.02. The van der Waals surface area contributed by atoms with E-state index in [1.807, 2.05) is 12.1 Å². The molecule has 2 aliphatic carbocycles. The smallest absolute Gasteiger partial charge is 0.330 e. The van der Waals surface area contributed by atoms with Crippen LogP contribution in [0, 0.1) is 41.8 Å². The van der Waals surface area contributed by atoms with Gasteiger partial charge in [-0.1, -0.05) is 25.1 Å². The quantitative estimate of drug-likeness (QED) is 0.00768. The number of esters is 6. The van der Waals surface area contributed by atoms with Gasteiger partial charge in [0.25, 0.3) is 0 Å². The van der Waals surface area contributed by atoms with E-state index in [-0.39, 0.29) is 34.7 Å². The molecule has 0 amide bonds. The first kappa shape index (κ1) is 64.5. The first-order chi connectivity index (χ1) is 41.9. The SMILES string of the molecule is C#Cc1ccc(/C=N/N=C/c2ccc(/C=N/c3cc(OC(=O)C4CCC(C(=O)Oc5ccc(OCCCCCCOC(=O)C=C)cc5)CC4)ccc3OC(=O)C3CCC(C(=O)Oc4ccc(OCCCCCCOC(=O)C=C)cc4)CC3)s2)cc1F. The van der Waals surface area contributed by atoms with Gasteiger partial charge in [-0.2, -0.15) is 10.2 Å². The van der Waals surface area contributed by atoms with E-state index in [9.17, 15) is 33.2 Å². The zero-order valence-electron chi connectivity index (χ0n) is 47.9. The van der Waals surface area contributed by atoms with Gasteiger partial charge in [0.05, 0.1) is 68.1 Å². The predicted molar refractivity (Wildman–Crippen MR) is 324 cm³/mol. The number of thiophene rings is 1. The average molecular weight is 1190 g/mol. The van der Waals surface area contributed by atoms with Crippen LogP contribution in [0.3, 0.4) is 0 Å². The fourth-order valence-electron chi connectivity index (χ4n) is 9.39. The molecule has 0 unspecified atom stereocenters. The highest BCUT2D eigenvalue weighted by Gasteiger charge is 2.34. The topological polar surface area (TPSA) is 213 Å². The lowest BCUT2D eigenvalue weighted by Crippen LogP contribution is -2.30. The molecule has 5 aromatic rings. The summed E-state index contributed by atoms with van der Waals surface area (Å²) in [6.07, 6.45) is 22.3. The second-order valence-electron chi connectivity index (χ2n) is 20.5. The third-order valence-electron chi connectivity index (χ3n) is 14.3. The molecule has 0 saturated heterocycles. The minimum absolute atomic E-state index is 0.137. The molecular weight excluding hydrogens is 1120 g/mol. The Balaban J connectivity index is 0.896. The molecule has 2 fully saturated rings. The lowest BCUT2D eigenvalue weighted by Gasteiger charge is -2.26. The second kappa shape index (κ2) is 34.7. The van der Waals surface area contributed by atoms with Crippen LogP contribution in [0.15, 0.2) is 138 Å². The molecule has 0 radical (unpaired) electrons. The summed E-state index contributed by atoms with van der Waals surface area (Å²) < 4.78 is 59.1. The van der Waals surface area contributed by atoms with Gasteiger partial charge in [-0.3, -0.25) is 24.2 Å². The van der Waals surface area contributed by atoms with E-state index in [1.165, 1.54) is 54.1 Å². The summed E-state index contributed by atoms with van der Waals surface area (Å²) in [6, 6.07) is 26.3. The van der Waals surface area contributed by atoms with Crippen LogP contribution in [-0.2, 0) is 38.2 Å². The lowest BCUT2D eigenvalue weighted by molar-refractivity contribution is -0.145. The van der Waals surface area contributed by atoms with Crippen molar-refractivity contribution < 1.29 is 71.1 Å². The highest BCUT2D eigenvalue weighted by molar-refractivity contribution is 7.15. The van der Waals surface area contributed by atoms with Crippen LogP contribution in [0.4, 0.5) is 10.1 Å². The van der Waals surface area contributed by atoms with Gasteiger partial charge in [-0.15, -0.1) is 17.8 Å². The Morgan fingerprint density at radius 1 is 0.500 bits per heavy atom. The number of benzene rings is 4. The Labute approximate surface area is 504 Å². The normalized spacial score (nSPS) is 16.6. The number of hydrogen-bond acceptors (Lipinski definition) is 18. The van der Waals surface area contributed by atoms with Crippen LogP contribution in [0.1, 0.15) is 124 Å². The second-order valence-corrected chi connectivity index (χ2v) is 21.6. The van der Waals surface area contributed by atoms with Crippen LogP contribution in [0.25, 0.3) is 0 Å². The van der Waals surface area contributed by atoms with Crippen molar-refractivity contribution in [1.29, 1.82) is 0 Å². The molecule has 17 nitrogen and oxygen atoms in total. The maximum Gasteiger partial charge on any atom is 0.330 e. The first-order valence-corrected chi connectivity index (χ1v) is 29.7. The van der Waals surface area contributed by atoms with Gasteiger partial charge >= 0.3 is 35.8 Å². The number of aliphatic imine (C=N–C) groups is 1. The number of carbonyl (C=O) groups excluding carboxylic acids is 6. The van der Waals surface area contributed by atoms with E-state index in [1.54, 1.807) is 60.8 Å². The first-order valence-electron chi connectivity index (χ1n) is 28.9. The molecule has 4 aromatic carbocycles. The summed E-state index contributed by atoms with van der Waals surface area (Å²) in [5.41, 5.74) is 0.859. The van der Waals surface area contributed by atoms with E-state index >= 15 is 0 Å². The standard InChI is InChI=1S/C67H70FN3O14S/c1-4-47-16-15-46(41-59(47)68)43-70-71-45-58-35-34-57(86-58)44-69-60-42-56(84-66(76)50-19-17-48(18-20-50)64(74)82-54-29-25-52(26-30-54)78-37-11-7-9-13-39-80-62(72)5-2)33-36-61(60)85-67(77)51-23-21-49(22-24-51)65(75)83-55-31-27-53(28-32-55)79-38-12-8-10-14-40-81-63(73)6-3/h1,5-6,15-16,25-36,41-45,48-51H,2-3,7-14,17-24,37-40H2/b69-44+,70-43+,71-45+. The van der Waals surface area contributed by atoms with E-state index in [4.69, 9.17) is 44.3 Å². The monoisotopic (exact) mass is 1190 g/mol. The number of unbranched alkanes of at least 4 members (excludes halogenated alkanes) is 6. The summed E-state index contributed by atoms with van der Waals surface area (Å²) in [4.78, 5) is 82.3. The summed E-state index contributed by atoms with van der Waals surface area (Å²) >= 11 is 1.35. The minimum atomic E-state index is -0.532. The number of carbonyl (C=O) groups is 6. The predicted octanol–water partition coefficient (Wildman–Crippen LogP) is 13.0. The summed E-state index contributed by atoms with van der Waals surface area (Å²) in [5.74, 6) is -0.210. The van der Waals surface area contributed by atoms with Crippen LogP contribution in [0.2, 0.25) is 0 Å². The van der Waals surface area contributed by atoms with Crippen molar-refractivity contribution in [1.82, 2.24) is 0 Å². The molecule has 2 aliphatic rings. The van der Waals surface area contributed by atoms with Crippen molar-refractivity contribution in [3.05, 3.63) is 149 Å². The molecule has 0 atom stereocenters. The average Bonchev–Trinajstić information content (AvgIpc) is 3.87. The zero-order valence-corrected chi connectivity index (χ0v) is 48.7. The van der Waals surface area contributed by atoms with Crippen molar-refractivity contribution in [2.24, 2.45) is 38.9 Å². The molecule has 86 heavy (non-hydrogen) atoms. The number of nitrogens with zero attached hydrogens (tertiary/aromatic N) is 3. The van der Waals surface area contributed by atoms with Crippen molar-refractivity contribution in [3.8, 4) is 46.8 Å². The maximum absolute atomic E-state index is 14.1. The van der Waals surface area contributed by atoms with E-state index < -0.39 is 53.4 Å². The van der Waals surface area contributed by atoms with Crippen LogP contribution in [0.5, 0.6) is 34.5 Å².